The van der Waals surface area contributed by atoms with Crippen molar-refractivity contribution < 1.29 is 0 Å². The first kappa shape index (κ1) is 8.34. The van der Waals surface area contributed by atoms with Crippen molar-refractivity contribution >= 4 is 34.6 Å². The summed E-state index contributed by atoms with van der Waals surface area (Å²) in [5.41, 5.74) is 0. The van der Waals surface area contributed by atoms with Gasteiger partial charge < -0.3 is 0 Å². The van der Waals surface area contributed by atoms with Crippen LogP contribution in [0, 0.1) is 0 Å². The molecule has 2 heteroatoms. The molecule has 2 rings (SSSR count). The van der Waals surface area contributed by atoms with Gasteiger partial charge in [0.2, 0.25) is 0 Å². The molecule has 1 aromatic heterocycles. The van der Waals surface area contributed by atoms with E-state index in [0.717, 1.165) is 8.19 Å². The molecule has 0 spiro atoms. The summed E-state index contributed by atoms with van der Waals surface area (Å²) in [6.45, 7) is 2.22. The van der Waals surface area contributed by atoms with E-state index in [9.17, 15) is 0 Å². The zero-order chi connectivity index (χ0) is 8.55. The normalized spacial score (nSPS) is 11.5. The summed E-state index contributed by atoms with van der Waals surface area (Å²) >= 11 is 3.56. The molecule has 0 nitrogen and oxygen atoms in total. The summed E-state index contributed by atoms with van der Waals surface area (Å²) in [4.78, 5) is 0. The van der Waals surface area contributed by atoms with E-state index in [1.807, 2.05) is 0 Å². The van der Waals surface area contributed by atoms with Crippen LogP contribution >= 0.6 is 24.1 Å². The number of fused-ring (bicyclic) bond motifs is 1. The molecule has 0 saturated heterocycles. The summed E-state index contributed by atoms with van der Waals surface area (Å²) in [6.07, 6.45) is 1.18. The molecule has 2 aromatic rings. The molecule has 1 heterocycles. The van der Waals surface area contributed by atoms with Crippen LogP contribution in [0.2, 0.25) is 0 Å². The van der Waals surface area contributed by atoms with Crippen LogP contribution in [-0.4, -0.2) is 0 Å². The lowest BCUT2D eigenvalue weighted by molar-refractivity contribution is 1.19. The van der Waals surface area contributed by atoms with Crippen molar-refractivity contribution in [2.24, 2.45) is 0 Å². The van der Waals surface area contributed by atoms with Crippen LogP contribution in [-0.2, 0) is 6.42 Å². The van der Waals surface area contributed by atoms with E-state index < -0.39 is 0 Å². The summed E-state index contributed by atoms with van der Waals surface area (Å²) in [5.74, 6) is 0. The molecule has 62 valence electrons. The molecule has 0 aliphatic rings. The second-order valence-electron chi connectivity index (χ2n) is 2.85. The van der Waals surface area contributed by atoms with E-state index in [4.69, 9.17) is 0 Å². The standard InChI is InChI=1S/C10H10BrP/c1-2-7-6-8-9(11)4-3-5-10(8)12-7/h3-6,12H,2H2,1H3. The molecular weight excluding hydrogens is 231 g/mol. The highest BCUT2D eigenvalue weighted by atomic mass is 79.9. The van der Waals surface area contributed by atoms with Gasteiger partial charge in [0.1, 0.15) is 0 Å². The van der Waals surface area contributed by atoms with Gasteiger partial charge in [-0.25, -0.2) is 0 Å². The fraction of sp³-hybridized carbons (Fsp3) is 0.200. The Bertz CT molecular complexity index is 403. The minimum Gasteiger partial charge on any atom is -0.128 e. The first-order valence-corrected chi connectivity index (χ1v) is 5.86. The van der Waals surface area contributed by atoms with Crippen molar-refractivity contribution in [3.8, 4) is 0 Å². The van der Waals surface area contributed by atoms with Crippen LogP contribution in [0.15, 0.2) is 28.7 Å². The van der Waals surface area contributed by atoms with Gasteiger partial charge in [-0.3, -0.25) is 0 Å². The maximum Gasteiger partial charge on any atom is 0.0257 e. The van der Waals surface area contributed by atoms with E-state index in [0.29, 0.717) is 0 Å². The maximum absolute atomic E-state index is 3.56. The summed E-state index contributed by atoms with van der Waals surface area (Å²) in [5, 5.41) is 4.45. The number of hydrogen-bond donors (Lipinski definition) is 0. The SMILES string of the molecule is CCc1cc2c(Br)cccc2[pH]1. The fourth-order valence-corrected chi connectivity index (χ4v) is 3.29. The lowest BCUT2D eigenvalue weighted by atomic mass is 10.2. The number of benzene rings is 1. The van der Waals surface area contributed by atoms with E-state index in [1.165, 1.54) is 21.4 Å². The highest BCUT2D eigenvalue weighted by molar-refractivity contribution is 9.10. The van der Waals surface area contributed by atoms with Crippen molar-refractivity contribution in [2.45, 2.75) is 13.3 Å². The molecule has 0 fully saturated rings. The first-order valence-electron chi connectivity index (χ1n) is 4.07. The average Bonchev–Trinajstić information content (AvgIpc) is 2.49. The third kappa shape index (κ3) is 1.32. The minimum atomic E-state index is 0.898. The Hall–Kier alpha value is -0.260. The molecule has 0 saturated carbocycles. The molecule has 12 heavy (non-hydrogen) atoms. The minimum absolute atomic E-state index is 0.898. The topological polar surface area (TPSA) is 0 Å². The number of rotatable bonds is 1. The average molecular weight is 241 g/mol. The Morgan fingerprint density at radius 1 is 1.42 bits per heavy atom. The van der Waals surface area contributed by atoms with Gasteiger partial charge in [-0.2, -0.15) is 0 Å². The molecule has 0 aliphatic carbocycles. The number of aryl methyl sites for hydroxylation is 1. The largest absolute Gasteiger partial charge is 0.128 e. The van der Waals surface area contributed by atoms with Crippen molar-refractivity contribution in [1.29, 1.82) is 0 Å². The second kappa shape index (κ2) is 3.24. The quantitative estimate of drug-likeness (QED) is 0.701. The zero-order valence-corrected chi connectivity index (χ0v) is 9.48. The smallest absolute Gasteiger partial charge is 0.0257 e. The fourth-order valence-electron chi connectivity index (χ4n) is 1.37. The van der Waals surface area contributed by atoms with Crippen LogP contribution in [0.1, 0.15) is 12.2 Å². The van der Waals surface area contributed by atoms with Gasteiger partial charge in [-0.15, -0.1) is 8.19 Å². The van der Waals surface area contributed by atoms with Gasteiger partial charge in [0.05, 0.1) is 0 Å². The van der Waals surface area contributed by atoms with Crippen LogP contribution < -0.4 is 0 Å². The lowest BCUT2D eigenvalue weighted by Crippen LogP contribution is -1.66. The van der Waals surface area contributed by atoms with Crippen LogP contribution in [0.4, 0.5) is 0 Å². The summed E-state index contributed by atoms with van der Waals surface area (Å²) in [7, 11) is 0.898. The Morgan fingerprint density at radius 2 is 2.25 bits per heavy atom. The highest BCUT2D eigenvalue weighted by Crippen LogP contribution is 2.34. The third-order valence-corrected chi connectivity index (χ3v) is 4.26. The molecule has 0 radical (unpaired) electrons. The van der Waals surface area contributed by atoms with Gasteiger partial charge in [-0.1, -0.05) is 35.0 Å². The zero-order valence-electron chi connectivity index (χ0n) is 6.89. The van der Waals surface area contributed by atoms with Crippen molar-refractivity contribution in [2.75, 3.05) is 0 Å². The Balaban J connectivity index is 2.74. The molecule has 0 bridgehead atoms. The Labute approximate surface area is 82.2 Å². The van der Waals surface area contributed by atoms with Crippen molar-refractivity contribution in [3.63, 3.8) is 0 Å². The maximum atomic E-state index is 3.56. The van der Waals surface area contributed by atoms with Crippen molar-refractivity contribution in [3.05, 3.63) is 34.0 Å². The van der Waals surface area contributed by atoms with E-state index in [1.54, 1.807) is 5.30 Å². The van der Waals surface area contributed by atoms with Gasteiger partial charge in [0.25, 0.3) is 0 Å². The predicted octanol–water partition coefficient (Wildman–Crippen LogP) is 4.20. The molecule has 1 unspecified atom stereocenters. The molecule has 1 atom stereocenters. The molecule has 0 amide bonds. The third-order valence-electron chi connectivity index (χ3n) is 2.05. The van der Waals surface area contributed by atoms with E-state index in [-0.39, 0.29) is 0 Å². The molecule has 1 aromatic carbocycles. The van der Waals surface area contributed by atoms with Crippen LogP contribution in [0.5, 0.6) is 0 Å². The van der Waals surface area contributed by atoms with E-state index >= 15 is 0 Å². The second-order valence-corrected chi connectivity index (χ2v) is 5.13. The molecule has 0 N–H and O–H groups in total. The van der Waals surface area contributed by atoms with Crippen molar-refractivity contribution in [1.82, 2.24) is 0 Å². The molecular formula is C10H10BrP. The first-order chi connectivity index (χ1) is 5.81. The van der Waals surface area contributed by atoms with Gasteiger partial charge >= 0.3 is 0 Å². The Morgan fingerprint density at radius 3 is 2.92 bits per heavy atom. The number of hydrogen-bond acceptors (Lipinski definition) is 0. The predicted molar refractivity (Wildman–Crippen MR) is 60.5 cm³/mol. The highest BCUT2D eigenvalue weighted by Gasteiger charge is 2.00. The molecule has 0 aliphatic heterocycles. The Kier molecular flexibility index (Phi) is 2.25. The lowest BCUT2D eigenvalue weighted by Gasteiger charge is -1.90. The van der Waals surface area contributed by atoms with Gasteiger partial charge in [0.15, 0.2) is 0 Å². The van der Waals surface area contributed by atoms with Gasteiger partial charge in [0, 0.05) is 9.86 Å². The van der Waals surface area contributed by atoms with Crippen LogP contribution in [0.25, 0.3) is 10.5 Å². The number of halogens is 1. The monoisotopic (exact) mass is 240 g/mol. The summed E-state index contributed by atoms with van der Waals surface area (Å²) in [6, 6.07) is 8.76. The summed E-state index contributed by atoms with van der Waals surface area (Å²) < 4.78 is 1.23. The van der Waals surface area contributed by atoms with E-state index in [2.05, 4.69) is 47.1 Å². The van der Waals surface area contributed by atoms with Gasteiger partial charge in [-0.05, 0) is 29.0 Å². The van der Waals surface area contributed by atoms with Crippen LogP contribution in [0.3, 0.4) is 0 Å².